The zero-order valence-electron chi connectivity index (χ0n) is 18.7. The number of carbonyl (C=O) groups is 1. The molecule has 1 aliphatic heterocycles. The summed E-state index contributed by atoms with van der Waals surface area (Å²) in [6.07, 6.45) is 7.44. The standard InChI is InChI=1S/C27H29N3O2/c1-29-17-21-15-23(30(2)22-8-5-19(6-9-22)18-3-4-18)10-11-24(21)26(29)12-7-20-16-28-14-13-25(20)27(31)32/h5-6,8-11,13-16,18,26H,3-4,7,12,17H2,1-2H3,(H,31,32)/t26-/m1/s1. The van der Waals surface area contributed by atoms with E-state index in [4.69, 9.17) is 0 Å². The lowest BCUT2D eigenvalue weighted by molar-refractivity contribution is 0.0695. The van der Waals surface area contributed by atoms with Gasteiger partial charge in [0.25, 0.3) is 0 Å². The first-order valence-corrected chi connectivity index (χ1v) is 11.3. The highest BCUT2D eigenvalue weighted by molar-refractivity contribution is 5.89. The van der Waals surface area contributed by atoms with Crippen LogP contribution in [-0.4, -0.2) is 35.1 Å². The molecule has 0 unspecified atom stereocenters. The van der Waals surface area contributed by atoms with Crippen molar-refractivity contribution in [2.45, 2.75) is 44.2 Å². The van der Waals surface area contributed by atoms with Crippen LogP contribution in [0.2, 0.25) is 0 Å². The van der Waals surface area contributed by atoms with Crippen molar-refractivity contribution in [3.05, 3.63) is 88.7 Å². The Morgan fingerprint density at radius 2 is 1.88 bits per heavy atom. The molecule has 0 radical (unpaired) electrons. The van der Waals surface area contributed by atoms with E-state index in [1.165, 1.54) is 40.9 Å². The monoisotopic (exact) mass is 427 g/mol. The molecule has 1 N–H and O–H groups in total. The molecule has 1 fully saturated rings. The Balaban J connectivity index is 1.32. The van der Waals surface area contributed by atoms with Gasteiger partial charge < -0.3 is 10.0 Å². The molecule has 164 valence electrons. The number of anilines is 2. The van der Waals surface area contributed by atoms with E-state index >= 15 is 0 Å². The van der Waals surface area contributed by atoms with Crippen LogP contribution >= 0.6 is 0 Å². The molecule has 0 bridgehead atoms. The average molecular weight is 428 g/mol. The predicted molar refractivity (Wildman–Crippen MR) is 127 cm³/mol. The van der Waals surface area contributed by atoms with E-state index < -0.39 is 5.97 Å². The maximum Gasteiger partial charge on any atom is 0.336 e. The number of hydrogen-bond acceptors (Lipinski definition) is 4. The molecule has 0 amide bonds. The second-order valence-corrected chi connectivity index (χ2v) is 9.12. The maximum atomic E-state index is 11.5. The highest BCUT2D eigenvalue weighted by Crippen LogP contribution is 2.41. The van der Waals surface area contributed by atoms with Crippen LogP contribution in [0.4, 0.5) is 11.4 Å². The summed E-state index contributed by atoms with van der Waals surface area (Å²) in [6.45, 7) is 0.904. The minimum absolute atomic E-state index is 0.282. The maximum absolute atomic E-state index is 11.5. The summed E-state index contributed by atoms with van der Waals surface area (Å²) in [5.74, 6) is -0.111. The Hall–Kier alpha value is -3.18. The zero-order valence-corrected chi connectivity index (χ0v) is 18.7. The number of pyridine rings is 1. The minimum Gasteiger partial charge on any atom is -0.478 e. The van der Waals surface area contributed by atoms with Crippen LogP contribution in [0.5, 0.6) is 0 Å². The molecule has 1 aliphatic carbocycles. The van der Waals surface area contributed by atoms with Gasteiger partial charge in [0.1, 0.15) is 0 Å². The van der Waals surface area contributed by atoms with Crippen molar-refractivity contribution < 1.29 is 9.90 Å². The van der Waals surface area contributed by atoms with E-state index in [2.05, 4.69) is 71.3 Å². The van der Waals surface area contributed by atoms with Gasteiger partial charge in [-0.25, -0.2) is 4.79 Å². The number of carboxylic acids is 1. The molecule has 3 aromatic rings. The van der Waals surface area contributed by atoms with Crippen LogP contribution in [0.1, 0.15) is 63.8 Å². The van der Waals surface area contributed by atoms with E-state index in [1.807, 2.05) is 0 Å². The molecule has 5 nitrogen and oxygen atoms in total. The third-order valence-corrected chi connectivity index (χ3v) is 6.97. The van der Waals surface area contributed by atoms with Crippen molar-refractivity contribution in [1.82, 2.24) is 9.88 Å². The first-order valence-electron chi connectivity index (χ1n) is 11.3. The van der Waals surface area contributed by atoms with E-state index in [0.29, 0.717) is 12.0 Å². The lowest BCUT2D eigenvalue weighted by atomic mass is 9.96. The van der Waals surface area contributed by atoms with Crippen molar-refractivity contribution in [2.75, 3.05) is 19.0 Å². The van der Waals surface area contributed by atoms with Crippen LogP contribution in [0, 0.1) is 0 Å². The Morgan fingerprint density at radius 1 is 1.12 bits per heavy atom. The first-order chi connectivity index (χ1) is 15.5. The normalized spacial score (nSPS) is 17.9. The van der Waals surface area contributed by atoms with Crippen LogP contribution in [0.25, 0.3) is 0 Å². The molecule has 0 spiro atoms. The van der Waals surface area contributed by atoms with E-state index in [-0.39, 0.29) is 6.04 Å². The fraction of sp³-hybridized carbons (Fsp3) is 0.333. The molecular formula is C27H29N3O2. The Labute approximate surface area is 189 Å². The van der Waals surface area contributed by atoms with Gasteiger partial charge in [0.2, 0.25) is 0 Å². The van der Waals surface area contributed by atoms with Gasteiger partial charge in [-0.15, -0.1) is 0 Å². The summed E-state index contributed by atoms with van der Waals surface area (Å²) in [5, 5.41) is 9.45. The molecule has 5 rings (SSSR count). The van der Waals surface area contributed by atoms with Crippen molar-refractivity contribution >= 4 is 17.3 Å². The molecule has 5 heteroatoms. The quantitative estimate of drug-likeness (QED) is 0.536. The second-order valence-electron chi connectivity index (χ2n) is 9.12. The third-order valence-electron chi connectivity index (χ3n) is 6.97. The molecule has 1 saturated carbocycles. The highest BCUT2D eigenvalue weighted by Gasteiger charge is 2.28. The van der Waals surface area contributed by atoms with Crippen molar-refractivity contribution in [3.63, 3.8) is 0 Å². The Morgan fingerprint density at radius 3 is 2.59 bits per heavy atom. The Bertz CT molecular complexity index is 1140. The molecule has 2 heterocycles. The smallest absolute Gasteiger partial charge is 0.336 e. The summed E-state index contributed by atoms with van der Waals surface area (Å²) in [5.41, 5.74) is 7.70. The molecule has 32 heavy (non-hydrogen) atoms. The molecule has 2 aliphatic rings. The summed E-state index contributed by atoms with van der Waals surface area (Å²) in [7, 11) is 4.27. The minimum atomic E-state index is -0.889. The number of nitrogens with zero attached hydrogens (tertiary/aromatic N) is 3. The van der Waals surface area contributed by atoms with Gasteiger partial charge in [-0.1, -0.05) is 18.2 Å². The van der Waals surface area contributed by atoms with Gasteiger partial charge in [-0.3, -0.25) is 9.88 Å². The zero-order chi connectivity index (χ0) is 22.2. The molecular weight excluding hydrogens is 398 g/mol. The SMILES string of the molecule is CN(c1ccc(C2CC2)cc1)c1ccc2c(c1)CN(C)[C@@H]2CCc1cnccc1C(=O)O. The molecule has 2 aromatic carbocycles. The van der Waals surface area contributed by atoms with E-state index in [0.717, 1.165) is 24.4 Å². The fourth-order valence-corrected chi connectivity index (χ4v) is 4.92. The van der Waals surface area contributed by atoms with Crippen LogP contribution in [0.3, 0.4) is 0 Å². The van der Waals surface area contributed by atoms with Crippen molar-refractivity contribution in [2.24, 2.45) is 0 Å². The van der Waals surface area contributed by atoms with Gasteiger partial charge >= 0.3 is 5.97 Å². The molecule has 1 atom stereocenters. The van der Waals surface area contributed by atoms with Gasteiger partial charge in [0.05, 0.1) is 5.56 Å². The van der Waals surface area contributed by atoms with Gasteiger partial charge in [0.15, 0.2) is 0 Å². The van der Waals surface area contributed by atoms with E-state index in [9.17, 15) is 9.90 Å². The van der Waals surface area contributed by atoms with Gasteiger partial charge in [-0.05, 0) is 91.2 Å². The number of aromatic carboxylic acids is 1. The van der Waals surface area contributed by atoms with Crippen LogP contribution in [-0.2, 0) is 13.0 Å². The second kappa shape index (κ2) is 8.40. The summed E-state index contributed by atoms with van der Waals surface area (Å²) in [6, 6.07) is 17.6. The van der Waals surface area contributed by atoms with E-state index in [1.54, 1.807) is 18.5 Å². The van der Waals surface area contributed by atoms with Crippen LogP contribution < -0.4 is 4.90 Å². The largest absolute Gasteiger partial charge is 0.478 e. The third kappa shape index (κ3) is 4.00. The number of hydrogen-bond donors (Lipinski definition) is 1. The topological polar surface area (TPSA) is 56.7 Å². The predicted octanol–water partition coefficient (Wildman–Crippen LogP) is 5.54. The number of aromatic nitrogens is 1. The number of rotatable bonds is 7. The van der Waals surface area contributed by atoms with Gasteiger partial charge in [0, 0.05) is 43.4 Å². The van der Waals surface area contributed by atoms with Crippen LogP contribution in [0.15, 0.2) is 60.9 Å². The number of carboxylic acid groups (broad SMARTS) is 1. The van der Waals surface area contributed by atoms with Crippen molar-refractivity contribution in [3.8, 4) is 0 Å². The van der Waals surface area contributed by atoms with Gasteiger partial charge in [-0.2, -0.15) is 0 Å². The lowest BCUT2D eigenvalue weighted by Gasteiger charge is -2.22. The average Bonchev–Trinajstić information content (AvgIpc) is 3.60. The summed E-state index contributed by atoms with van der Waals surface area (Å²) in [4.78, 5) is 20.2. The number of fused-ring (bicyclic) bond motifs is 1. The number of aryl methyl sites for hydroxylation is 1. The Kier molecular flexibility index (Phi) is 5.43. The first kappa shape index (κ1) is 20.7. The highest BCUT2D eigenvalue weighted by atomic mass is 16.4. The van der Waals surface area contributed by atoms with Crippen molar-refractivity contribution in [1.29, 1.82) is 0 Å². The summed E-state index contributed by atoms with van der Waals surface area (Å²) < 4.78 is 0. The number of benzene rings is 2. The summed E-state index contributed by atoms with van der Waals surface area (Å²) >= 11 is 0. The lowest BCUT2D eigenvalue weighted by Crippen LogP contribution is -2.17. The molecule has 0 saturated heterocycles. The fourth-order valence-electron chi connectivity index (χ4n) is 4.92. The molecule has 1 aromatic heterocycles.